The Morgan fingerprint density at radius 2 is 1.23 bits per heavy atom. The molecular formula is C19H24Se2Si. The van der Waals surface area contributed by atoms with E-state index >= 15 is 0 Å². The van der Waals surface area contributed by atoms with Crippen LogP contribution in [0.5, 0.6) is 0 Å². The molecule has 22 heavy (non-hydrogen) atoms. The number of aryl methyl sites for hydroxylation is 2. The van der Waals surface area contributed by atoms with Crippen LogP contribution < -0.4 is 8.92 Å². The predicted octanol–water partition coefficient (Wildman–Crippen LogP) is 3.38. The molecule has 0 heterocycles. The Bertz CT molecular complexity index is 635. The van der Waals surface area contributed by atoms with Crippen LogP contribution in [0, 0.1) is 13.8 Å². The van der Waals surface area contributed by atoms with E-state index in [2.05, 4.69) is 87.0 Å². The molecule has 0 radical (unpaired) electrons. The van der Waals surface area contributed by atoms with E-state index in [-0.39, 0.29) is 0 Å². The van der Waals surface area contributed by atoms with E-state index in [1.54, 1.807) is 4.09 Å². The van der Waals surface area contributed by atoms with E-state index < -0.39 is 8.07 Å². The van der Waals surface area contributed by atoms with Crippen molar-refractivity contribution in [2.45, 2.75) is 33.5 Å². The molecule has 0 saturated carbocycles. The Balaban J connectivity index is 2.17. The van der Waals surface area contributed by atoms with Gasteiger partial charge in [0.1, 0.15) is 0 Å². The maximum atomic E-state index is 2.57. The van der Waals surface area contributed by atoms with Gasteiger partial charge in [0.15, 0.2) is 0 Å². The van der Waals surface area contributed by atoms with Gasteiger partial charge < -0.3 is 0 Å². The zero-order valence-corrected chi connectivity index (χ0v) is 18.4. The molecule has 0 fully saturated rings. The van der Waals surface area contributed by atoms with Crippen molar-refractivity contribution in [3.63, 3.8) is 0 Å². The molecule has 0 aliphatic heterocycles. The molecule has 2 rings (SSSR count). The second-order valence-electron chi connectivity index (χ2n) is 6.58. The zero-order valence-electron chi connectivity index (χ0n) is 14.0. The number of rotatable bonds is 5. The van der Waals surface area contributed by atoms with Gasteiger partial charge in [0, 0.05) is 0 Å². The molecule has 0 atom stereocenters. The van der Waals surface area contributed by atoms with Crippen LogP contribution in [0.4, 0.5) is 0 Å². The van der Waals surface area contributed by atoms with E-state index in [1.807, 2.05) is 0 Å². The Morgan fingerprint density at radius 1 is 0.773 bits per heavy atom. The second-order valence-corrected chi connectivity index (χ2v) is 16.7. The third kappa shape index (κ3) is 5.57. The molecule has 2 aromatic rings. The standard InChI is InChI=1S/C19H24Se2Si/c1-15-6-10-17(11-7-15)20-14-19(22(3,4)5)21-18-12-8-16(2)9-13-18/h6-14H,1-5H3/b19-14+. The minimum atomic E-state index is -1.24. The quantitative estimate of drug-likeness (QED) is 0.628. The van der Waals surface area contributed by atoms with Crippen LogP contribution in [0.25, 0.3) is 0 Å². The summed E-state index contributed by atoms with van der Waals surface area (Å²) in [5.41, 5.74) is 2.69. The monoisotopic (exact) mass is 440 g/mol. The number of hydrogen-bond donors (Lipinski definition) is 0. The summed E-state index contributed by atoms with van der Waals surface area (Å²) in [5, 5.41) is 0. The molecule has 0 aliphatic carbocycles. The fourth-order valence-corrected chi connectivity index (χ4v) is 10.9. The molecule has 0 nitrogen and oxygen atoms in total. The topological polar surface area (TPSA) is 0 Å². The first-order valence-corrected chi connectivity index (χ1v) is 14.6. The molecule has 0 aromatic heterocycles. The molecule has 0 unspecified atom stereocenters. The SMILES string of the molecule is Cc1ccc([Se]/C=C(\[Se]c2ccc(C)cc2)[Si](C)(C)C)cc1. The van der Waals surface area contributed by atoms with Crippen LogP contribution in [0.1, 0.15) is 11.1 Å². The van der Waals surface area contributed by atoms with Crippen molar-refractivity contribution in [1.29, 1.82) is 0 Å². The van der Waals surface area contributed by atoms with Crippen molar-refractivity contribution in [3.8, 4) is 0 Å². The average Bonchev–Trinajstić information content (AvgIpc) is 2.46. The van der Waals surface area contributed by atoms with Crippen LogP contribution in [-0.4, -0.2) is 38.0 Å². The van der Waals surface area contributed by atoms with Crippen LogP contribution in [-0.2, 0) is 0 Å². The minimum absolute atomic E-state index is 0.454. The molecule has 3 heteroatoms. The van der Waals surface area contributed by atoms with Gasteiger partial charge in [-0.2, -0.15) is 0 Å². The summed E-state index contributed by atoms with van der Waals surface area (Å²) in [5.74, 6) is 0. The molecule has 0 N–H and O–H groups in total. The summed E-state index contributed by atoms with van der Waals surface area (Å²) < 4.78 is 4.73. The van der Waals surface area contributed by atoms with Crippen LogP contribution in [0.15, 0.2) is 57.6 Å². The fourth-order valence-electron chi connectivity index (χ4n) is 1.83. The van der Waals surface area contributed by atoms with Crippen molar-refractivity contribution in [2.24, 2.45) is 0 Å². The first-order valence-electron chi connectivity index (χ1n) is 7.53. The zero-order chi connectivity index (χ0) is 16.2. The second kappa shape index (κ2) is 7.81. The summed E-state index contributed by atoms with van der Waals surface area (Å²) >= 11 is 0.931. The maximum absolute atomic E-state index is 2.57. The van der Waals surface area contributed by atoms with Crippen molar-refractivity contribution < 1.29 is 0 Å². The van der Waals surface area contributed by atoms with Gasteiger partial charge in [-0.3, -0.25) is 0 Å². The van der Waals surface area contributed by atoms with Crippen molar-refractivity contribution in [3.05, 3.63) is 68.7 Å². The van der Waals surface area contributed by atoms with Gasteiger partial charge in [0.25, 0.3) is 0 Å². The van der Waals surface area contributed by atoms with Crippen molar-refractivity contribution in [1.82, 2.24) is 0 Å². The van der Waals surface area contributed by atoms with Gasteiger partial charge in [0.2, 0.25) is 0 Å². The first-order chi connectivity index (χ1) is 10.3. The van der Waals surface area contributed by atoms with Gasteiger partial charge in [-0.25, -0.2) is 0 Å². The number of hydrogen-bond acceptors (Lipinski definition) is 0. The molecule has 2 aromatic carbocycles. The van der Waals surface area contributed by atoms with Gasteiger partial charge in [-0.1, -0.05) is 0 Å². The molecular weight excluding hydrogens is 414 g/mol. The normalized spacial score (nSPS) is 12.5. The summed E-state index contributed by atoms with van der Waals surface area (Å²) in [6.45, 7) is 11.7. The Kier molecular flexibility index (Phi) is 6.31. The van der Waals surface area contributed by atoms with Gasteiger partial charge in [0.05, 0.1) is 0 Å². The molecule has 0 saturated heterocycles. The van der Waals surface area contributed by atoms with Crippen LogP contribution >= 0.6 is 0 Å². The summed E-state index contributed by atoms with van der Waals surface area (Å²) in [6.07, 6.45) is 0. The Morgan fingerprint density at radius 3 is 1.68 bits per heavy atom. The molecule has 116 valence electrons. The van der Waals surface area contributed by atoms with E-state index in [1.165, 1.54) is 20.1 Å². The first kappa shape index (κ1) is 17.8. The van der Waals surface area contributed by atoms with Gasteiger partial charge in [-0.15, -0.1) is 0 Å². The van der Waals surface area contributed by atoms with Gasteiger partial charge >= 0.3 is 149 Å². The van der Waals surface area contributed by atoms with Crippen LogP contribution in [0.3, 0.4) is 0 Å². The third-order valence-corrected chi connectivity index (χ3v) is 14.2. The molecule has 0 spiro atoms. The van der Waals surface area contributed by atoms with E-state index in [0.717, 1.165) is 0 Å². The van der Waals surface area contributed by atoms with Crippen molar-refractivity contribution in [2.75, 3.05) is 0 Å². The van der Waals surface area contributed by atoms with E-state index in [9.17, 15) is 0 Å². The van der Waals surface area contributed by atoms with Crippen LogP contribution in [0.2, 0.25) is 19.6 Å². The summed E-state index contributed by atoms with van der Waals surface area (Å²) in [4.78, 5) is 2.57. The Hall–Kier alpha value is -0.564. The summed E-state index contributed by atoms with van der Waals surface area (Å²) in [7, 11) is -1.24. The summed E-state index contributed by atoms with van der Waals surface area (Å²) in [6, 6.07) is 18.1. The van der Waals surface area contributed by atoms with Crippen molar-refractivity contribution >= 4 is 46.9 Å². The fraction of sp³-hybridized carbons (Fsp3) is 0.263. The third-order valence-electron chi connectivity index (χ3n) is 3.31. The molecule has 0 bridgehead atoms. The molecule has 0 aliphatic rings. The molecule has 0 amide bonds. The van der Waals surface area contributed by atoms with Gasteiger partial charge in [-0.05, 0) is 0 Å². The van der Waals surface area contributed by atoms with E-state index in [4.69, 9.17) is 0 Å². The number of benzene rings is 2. The Labute approximate surface area is 148 Å². The van der Waals surface area contributed by atoms with E-state index in [0.29, 0.717) is 29.9 Å². The average molecular weight is 438 g/mol. The predicted molar refractivity (Wildman–Crippen MR) is 105 cm³/mol.